The van der Waals surface area contributed by atoms with Crippen LogP contribution < -0.4 is 0 Å². The minimum Gasteiger partial charge on any atom is -0.305 e. The first-order valence-corrected chi connectivity index (χ1v) is 9.92. The maximum Gasteiger partial charge on any atom is 0.357 e. The third kappa shape index (κ3) is 4.55. The van der Waals surface area contributed by atoms with Crippen LogP contribution in [0.25, 0.3) is 6.08 Å². The third-order valence-corrected chi connectivity index (χ3v) is 6.00. The zero-order valence-corrected chi connectivity index (χ0v) is 14.6. The summed E-state index contributed by atoms with van der Waals surface area (Å²) in [5, 5.41) is 0.832. The summed E-state index contributed by atoms with van der Waals surface area (Å²) < 4.78 is 24.7. The smallest absolute Gasteiger partial charge is 0.305 e. The molecule has 122 valence electrons. The second-order valence-electron chi connectivity index (χ2n) is 5.71. The van der Waals surface area contributed by atoms with Crippen molar-refractivity contribution in [2.24, 2.45) is 0 Å². The van der Waals surface area contributed by atoms with E-state index in [4.69, 9.17) is 9.05 Å². The van der Waals surface area contributed by atoms with E-state index in [1.54, 1.807) is 0 Å². The van der Waals surface area contributed by atoms with Gasteiger partial charge in [0.25, 0.3) is 0 Å². The first kappa shape index (κ1) is 17.5. The maximum atomic E-state index is 13.2. The number of aryl methyl sites for hydroxylation is 1. The quantitative estimate of drug-likeness (QED) is 0.426. The standard InChI is InChI=1S/C18H27O3P/c1-3-5-13-20-22(19,21-14-6-4-2)18-12-11-16-9-7-8-10-17(16)15-18/h7-10,15H,3-6,11-14H2,1-2H3. The highest BCUT2D eigenvalue weighted by Crippen LogP contribution is 2.59. The van der Waals surface area contributed by atoms with Crippen LogP contribution in [0.2, 0.25) is 0 Å². The van der Waals surface area contributed by atoms with E-state index in [1.165, 1.54) is 5.56 Å². The fourth-order valence-corrected chi connectivity index (χ4v) is 4.32. The van der Waals surface area contributed by atoms with E-state index >= 15 is 0 Å². The Morgan fingerprint density at radius 1 is 1.00 bits per heavy atom. The molecule has 0 heterocycles. The average Bonchev–Trinajstić information content (AvgIpc) is 2.55. The maximum absolute atomic E-state index is 13.2. The van der Waals surface area contributed by atoms with Crippen molar-refractivity contribution in [1.29, 1.82) is 0 Å². The normalized spacial score (nSPS) is 14.5. The fraction of sp³-hybridized carbons (Fsp3) is 0.556. The van der Waals surface area contributed by atoms with Gasteiger partial charge in [-0.05, 0) is 42.9 Å². The highest BCUT2D eigenvalue weighted by atomic mass is 31.2. The third-order valence-electron chi connectivity index (χ3n) is 3.90. The van der Waals surface area contributed by atoms with Crippen molar-refractivity contribution in [2.75, 3.05) is 13.2 Å². The number of allylic oxidation sites excluding steroid dienone is 1. The summed E-state index contributed by atoms with van der Waals surface area (Å²) in [5.74, 6) is 0. The summed E-state index contributed by atoms with van der Waals surface area (Å²) in [7, 11) is -3.15. The molecule has 22 heavy (non-hydrogen) atoms. The molecule has 0 amide bonds. The molecule has 0 fully saturated rings. The zero-order valence-electron chi connectivity index (χ0n) is 13.7. The number of fused-ring (bicyclic) bond motifs is 1. The second kappa shape index (κ2) is 8.67. The Morgan fingerprint density at radius 2 is 1.64 bits per heavy atom. The van der Waals surface area contributed by atoms with Crippen molar-refractivity contribution < 1.29 is 13.6 Å². The molecule has 0 bridgehead atoms. The van der Waals surface area contributed by atoms with Gasteiger partial charge < -0.3 is 9.05 Å². The van der Waals surface area contributed by atoms with Gasteiger partial charge in [0.15, 0.2) is 0 Å². The van der Waals surface area contributed by atoms with Crippen LogP contribution in [0.15, 0.2) is 29.6 Å². The van der Waals surface area contributed by atoms with Crippen LogP contribution in [-0.4, -0.2) is 13.2 Å². The van der Waals surface area contributed by atoms with Gasteiger partial charge in [-0.15, -0.1) is 0 Å². The predicted octanol–water partition coefficient (Wildman–Crippen LogP) is 5.80. The average molecular weight is 322 g/mol. The van der Waals surface area contributed by atoms with E-state index in [2.05, 4.69) is 26.0 Å². The topological polar surface area (TPSA) is 35.5 Å². The number of rotatable bonds is 9. The van der Waals surface area contributed by atoms with Gasteiger partial charge in [0, 0.05) is 5.31 Å². The molecule has 3 nitrogen and oxygen atoms in total. The molecule has 0 saturated carbocycles. The molecule has 4 heteroatoms. The molecule has 1 aromatic rings. The highest BCUT2D eigenvalue weighted by molar-refractivity contribution is 7.58. The first-order valence-electron chi connectivity index (χ1n) is 8.37. The fourth-order valence-electron chi connectivity index (χ4n) is 2.49. The van der Waals surface area contributed by atoms with Crippen molar-refractivity contribution in [1.82, 2.24) is 0 Å². The summed E-state index contributed by atoms with van der Waals surface area (Å²) in [6.45, 7) is 5.20. The summed E-state index contributed by atoms with van der Waals surface area (Å²) in [6.07, 6.45) is 7.54. The zero-order chi connectivity index (χ0) is 15.8. The van der Waals surface area contributed by atoms with Crippen molar-refractivity contribution in [3.05, 3.63) is 40.7 Å². The first-order chi connectivity index (χ1) is 10.7. The SMILES string of the molecule is CCCCOP(=O)(OCCCC)C1=Cc2ccccc2CC1. The summed E-state index contributed by atoms with van der Waals surface area (Å²) in [6, 6.07) is 8.26. The van der Waals surface area contributed by atoms with E-state index in [0.717, 1.165) is 49.4 Å². The van der Waals surface area contributed by atoms with Crippen LogP contribution in [0.3, 0.4) is 0 Å². The Balaban J connectivity index is 2.17. The number of unbranched alkanes of at least 4 members (excludes halogenated alkanes) is 2. The molecule has 2 rings (SSSR count). The lowest BCUT2D eigenvalue weighted by atomic mass is 9.98. The van der Waals surface area contributed by atoms with Gasteiger partial charge >= 0.3 is 7.60 Å². The lowest BCUT2D eigenvalue weighted by Gasteiger charge is -2.24. The Bertz CT molecular complexity index is 537. The van der Waals surface area contributed by atoms with Gasteiger partial charge in [-0.1, -0.05) is 51.0 Å². The molecule has 0 radical (unpaired) electrons. The van der Waals surface area contributed by atoms with E-state index in [1.807, 2.05) is 18.2 Å². The van der Waals surface area contributed by atoms with Crippen LogP contribution >= 0.6 is 7.60 Å². The van der Waals surface area contributed by atoms with Gasteiger partial charge in [-0.3, -0.25) is 4.57 Å². The van der Waals surface area contributed by atoms with Crippen LogP contribution in [-0.2, 0) is 20.0 Å². The minimum absolute atomic E-state index is 0.499. The van der Waals surface area contributed by atoms with Gasteiger partial charge in [-0.2, -0.15) is 0 Å². The molecule has 0 spiro atoms. The van der Waals surface area contributed by atoms with E-state index < -0.39 is 7.60 Å². The molecular formula is C18H27O3P. The van der Waals surface area contributed by atoms with Crippen molar-refractivity contribution in [2.45, 2.75) is 52.4 Å². The molecule has 1 aliphatic rings. The number of hydrogen-bond acceptors (Lipinski definition) is 3. The van der Waals surface area contributed by atoms with Crippen LogP contribution in [0.1, 0.15) is 57.1 Å². The molecule has 0 aliphatic heterocycles. The highest BCUT2D eigenvalue weighted by Gasteiger charge is 2.31. The molecular weight excluding hydrogens is 295 g/mol. The Morgan fingerprint density at radius 3 is 2.27 bits per heavy atom. The van der Waals surface area contributed by atoms with Gasteiger partial charge in [0.2, 0.25) is 0 Å². The Kier molecular flexibility index (Phi) is 6.88. The molecule has 0 saturated heterocycles. The molecule has 0 unspecified atom stereocenters. The Labute approximate surface area is 134 Å². The van der Waals surface area contributed by atoms with E-state index in [0.29, 0.717) is 13.2 Å². The van der Waals surface area contributed by atoms with Gasteiger partial charge in [0.05, 0.1) is 13.2 Å². The monoisotopic (exact) mass is 322 g/mol. The summed E-state index contributed by atoms with van der Waals surface area (Å²) in [4.78, 5) is 0. The summed E-state index contributed by atoms with van der Waals surface area (Å²) >= 11 is 0. The lowest BCUT2D eigenvalue weighted by molar-refractivity contribution is 0.205. The van der Waals surface area contributed by atoms with Crippen molar-refractivity contribution in [3.63, 3.8) is 0 Å². The minimum atomic E-state index is -3.15. The predicted molar refractivity (Wildman–Crippen MR) is 92.1 cm³/mol. The van der Waals surface area contributed by atoms with Crippen LogP contribution in [0.5, 0.6) is 0 Å². The lowest BCUT2D eigenvalue weighted by Crippen LogP contribution is -2.06. The largest absolute Gasteiger partial charge is 0.357 e. The number of hydrogen-bond donors (Lipinski definition) is 0. The van der Waals surface area contributed by atoms with Gasteiger partial charge in [-0.25, -0.2) is 0 Å². The molecule has 0 N–H and O–H groups in total. The number of benzene rings is 1. The van der Waals surface area contributed by atoms with Crippen molar-refractivity contribution >= 4 is 13.7 Å². The van der Waals surface area contributed by atoms with Gasteiger partial charge in [0.1, 0.15) is 0 Å². The van der Waals surface area contributed by atoms with Crippen molar-refractivity contribution in [3.8, 4) is 0 Å². The van der Waals surface area contributed by atoms with Crippen LogP contribution in [0.4, 0.5) is 0 Å². The molecule has 0 atom stereocenters. The second-order valence-corrected chi connectivity index (χ2v) is 7.79. The molecule has 0 aromatic heterocycles. The van der Waals surface area contributed by atoms with E-state index in [-0.39, 0.29) is 0 Å². The molecule has 1 aromatic carbocycles. The van der Waals surface area contributed by atoms with E-state index in [9.17, 15) is 4.57 Å². The van der Waals surface area contributed by atoms with Crippen LogP contribution in [0, 0.1) is 0 Å². The molecule has 1 aliphatic carbocycles. The Hall–Kier alpha value is -0.890. The summed E-state index contributed by atoms with van der Waals surface area (Å²) in [5.41, 5.74) is 2.45.